The molecule has 0 aliphatic rings. The lowest BCUT2D eigenvalue weighted by atomic mass is 10.3. The minimum atomic E-state index is 0.787. The van der Waals surface area contributed by atoms with E-state index >= 15 is 0 Å². The van der Waals surface area contributed by atoms with Crippen molar-refractivity contribution < 1.29 is 4.74 Å². The highest BCUT2D eigenvalue weighted by Gasteiger charge is 1.92. The van der Waals surface area contributed by atoms with Gasteiger partial charge in [0.05, 0.1) is 6.61 Å². The molecule has 0 aromatic carbocycles. The van der Waals surface area contributed by atoms with E-state index < -0.39 is 0 Å². The average Bonchev–Trinajstić information content (AvgIpc) is 2.75. The van der Waals surface area contributed by atoms with Crippen LogP contribution in [-0.4, -0.2) is 39.9 Å². The van der Waals surface area contributed by atoms with Crippen molar-refractivity contribution in [2.24, 2.45) is 0 Å². The van der Waals surface area contributed by atoms with Gasteiger partial charge in [-0.05, 0) is 17.9 Å². The minimum absolute atomic E-state index is 0.787. The van der Waals surface area contributed by atoms with Gasteiger partial charge in [-0.25, -0.2) is 0 Å². The van der Waals surface area contributed by atoms with E-state index in [0.717, 1.165) is 39.2 Å². The first-order valence-electron chi connectivity index (χ1n) is 5.36. The van der Waals surface area contributed by atoms with Crippen LogP contribution in [0, 0.1) is 0 Å². The molecule has 0 amide bonds. The van der Waals surface area contributed by atoms with Crippen molar-refractivity contribution in [3.63, 3.8) is 0 Å². The van der Waals surface area contributed by atoms with Crippen LogP contribution in [-0.2, 0) is 11.2 Å². The molecule has 0 aliphatic carbocycles. The second-order valence-electron chi connectivity index (χ2n) is 3.32. The topological polar surface area (TPSA) is 33.3 Å². The van der Waals surface area contributed by atoms with Crippen molar-refractivity contribution in [1.29, 1.82) is 0 Å². The largest absolute Gasteiger partial charge is 0.383 e. The zero-order valence-electron chi connectivity index (χ0n) is 9.29. The average molecular weight is 228 g/mol. The molecule has 15 heavy (non-hydrogen) atoms. The van der Waals surface area contributed by atoms with E-state index in [-0.39, 0.29) is 0 Å². The van der Waals surface area contributed by atoms with Gasteiger partial charge in [-0.1, -0.05) is 6.07 Å². The summed E-state index contributed by atoms with van der Waals surface area (Å²) >= 11 is 1.83. The Balaban J connectivity index is 1.81. The van der Waals surface area contributed by atoms with E-state index in [0.29, 0.717) is 0 Å². The molecule has 0 spiro atoms. The first kappa shape index (κ1) is 12.6. The standard InChI is InChI=1S/C11H20N2OS/c1-14-9-8-13-7-6-12-5-4-11-3-2-10-15-11/h2-3,10,12-13H,4-9H2,1H3. The number of rotatable bonds is 9. The number of methoxy groups -OCH3 is 1. The molecule has 1 heterocycles. The third kappa shape index (κ3) is 6.62. The van der Waals surface area contributed by atoms with Gasteiger partial charge in [-0.2, -0.15) is 0 Å². The highest BCUT2D eigenvalue weighted by molar-refractivity contribution is 7.09. The van der Waals surface area contributed by atoms with Crippen LogP contribution in [0.25, 0.3) is 0 Å². The molecule has 0 unspecified atom stereocenters. The summed E-state index contributed by atoms with van der Waals surface area (Å²) < 4.78 is 4.94. The number of ether oxygens (including phenoxy) is 1. The van der Waals surface area contributed by atoms with Crippen molar-refractivity contribution in [2.45, 2.75) is 6.42 Å². The van der Waals surface area contributed by atoms with Crippen molar-refractivity contribution in [2.75, 3.05) is 39.9 Å². The van der Waals surface area contributed by atoms with Gasteiger partial charge in [0.25, 0.3) is 0 Å². The second kappa shape index (κ2) is 8.85. The summed E-state index contributed by atoms with van der Waals surface area (Å²) in [6.07, 6.45) is 1.13. The third-order valence-corrected chi connectivity index (χ3v) is 3.03. The molecule has 0 bridgehead atoms. The second-order valence-corrected chi connectivity index (χ2v) is 4.35. The molecule has 0 atom stereocenters. The Hall–Kier alpha value is -0.420. The van der Waals surface area contributed by atoms with E-state index in [1.54, 1.807) is 7.11 Å². The lowest BCUT2D eigenvalue weighted by Crippen LogP contribution is -2.30. The molecule has 0 fully saturated rings. The van der Waals surface area contributed by atoms with Gasteiger partial charge in [0.1, 0.15) is 0 Å². The monoisotopic (exact) mass is 228 g/mol. The van der Waals surface area contributed by atoms with Crippen molar-refractivity contribution in [1.82, 2.24) is 10.6 Å². The van der Waals surface area contributed by atoms with Crippen LogP contribution in [0.5, 0.6) is 0 Å². The molecule has 4 heteroatoms. The van der Waals surface area contributed by atoms with Crippen molar-refractivity contribution in [3.05, 3.63) is 22.4 Å². The van der Waals surface area contributed by atoms with Crippen LogP contribution in [0.4, 0.5) is 0 Å². The van der Waals surface area contributed by atoms with E-state index in [4.69, 9.17) is 4.74 Å². The summed E-state index contributed by atoms with van der Waals surface area (Å²) in [6.45, 7) is 4.81. The Kier molecular flexibility index (Phi) is 7.47. The number of thiophene rings is 1. The SMILES string of the molecule is COCCNCCNCCc1cccs1. The lowest BCUT2D eigenvalue weighted by Gasteiger charge is -2.05. The lowest BCUT2D eigenvalue weighted by molar-refractivity contribution is 0.199. The van der Waals surface area contributed by atoms with E-state index in [1.165, 1.54) is 4.88 Å². The maximum Gasteiger partial charge on any atom is 0.0587 e. The van der Waals surface area contributed by atoms with Gasteiger partial charge in [-0.3, -0.25) is 0 Å². The molecule has 86 valence electrons. The molecule has 3 nitrogen and oxygen atoms in total. The molecule has 1 aromatic rings. The fourth-order valence-electron chi connectivity index (χ4n) is 1.27. The summed E-state index contributed by atoms with van der Waals surface area (Å²) in [5, 5.41) is 8.83. The zero-order chi connectivity index (χ0) is 10.8. The maximum absolute atomic E-state index is 4.94. The highest BCUT2D eigenvalue weighted by atomic mass is 32.1. The highest BCUT2D eigenvalue weighted by Crippen LogP contribution is 2.07. The predicted octanol–water partition coefficient (Wildman–Crippen LogP) is 1.12. The van der Waals surface area contributed by atoms with E-state index in [9.17, 15) is 0 Å². The molecule has 1 rings (SSSR count). The van der Waals surface area contributed by atoms with Gasteiger partial charge in [0.15, 0.2) is 0 Å². The van der Waals surface area contributed by atoms with E-state index in [1.807, 2.05) is 11.3 Å². The Morgan fingerprint density at radius 2 is 2.00 bits per heavy atom. The van der Waals surface area contributed by atoms with Crippen LogP contribution >= 0.6 is 11.3 Å². The minimum Gasteiger partial charge on any atom is -0.383 e. The molecule has 0 aliphatic heterocycles. The van der Waals surface area contributed by atoms with Crippen LogP contribution in [0.3, 0.4) is 0 Å². The van der Waals surface area contributed by atoms with Crippen LogP contribution < -0.4 is 10.6 Å². The van der Waals surface area contributed by atoms with Gasteiger partial charge in [-0.15, -0.1) is 11.3 Å². The number of nitrogens with one attached hydrogen (secondary N) is 2. The first-order valence-corrected chi connectivity index (χ1v) is 6.24. The normalized spacial score (nSPS) is 10.7. The summed E-state index contributed by atoms with van der Waals surface area (Å²) in [5.41, 5.74) is 0. The summed E-state index contributed by atoms with van der Waals surface area (Å²) in [4.78, 5) is 1.45. The Morgan fingerprint density at radius 1 is 1.20 bits per heavy atom. The predicted molar refractivity (Wildman–Crippen MR) is 65.6 cm³/mol. The van der Waals surface area contributed by atoms with Gasteiger partial charge < -0.3 is 15.4 Å². The smallest absolute Gasteiger partial charge is 0.0587 e. The molecule has 0 radical (unpaired) electrons. The van der Waals surface area contributed by atoms with Crippen molar-refractivity contribution >= 4 is 11.3 Å². The van der Waals surface area contributed by atoms with E-state index in [2.05, 4.69) is 28.1 Å². The zero-order valence-corrected chi connectivity index (χ0v) is 10.1. The van der Waals surface area contributed by atoms with Crippen LogP contribution in [0.1, 0.15) is 4.88 Å². The summed E-state index contributed by atoms with van der Waals surface area (Å²) in [6, 6.07) is 4.29. The van der Waals surface area contributed by atoms with Crippen LogP contribution in [0.2, 0.25) is 0 Å². The fraction of sp³-hybridized carbons (Fsp3) is 0.636. The Labute approximate surface area is 95.8 Å². The molecule has 2 N–H and O–H groups in total. The molecule has 0 saturated heterocycles. The number of hydrogen-bond acceptors (Lipinski definition) is 4. The Morgan fingerprint density at radius 3 is 2.67 bits per heavy atom. The van der Waals surface area contributed by atoms with Crippen LogP contribution in [0.15, 0.2) is 17.5 Å². The van der Waals surface area contributed by atoms with Gasteiger partial charge in [0.2, 0.25) is 0 Å². The van der Waals surface area contributed by atoms with Crippen molar-refractivity contribution in [3.8, 4) is 0 Å². The summed E-state index contributed by atoms with van der Waals surface area (Å²) in [5.74, 6) is 0. The van der Waals surface area contributed by atoms with Gasteiger partial charge in [0, 0.05) is 38.2 Å². The van der Waals surface area contributed by atoms with Gasteiger partial charge >= 0.3 is 0 Å². The Bertz CT molecular complexity index is 227. The molecular weight excluding hydrogens is 208 g/mol. The molecular formula is C11H20N2OS. The molecule has 1 aromatic heterocycles. The number of hydrogen-bond donors (Lipinski definition) is 2. The maximum atomic E-state index is 4.94. The quantitative estimate of drug-likeness (QED) is 0.621. The third-order valence-electron chi connectivity index (χ3n) is 2.09. The molecule has 0 saturated carbocycles. The first-order chi connectivity index (χ1) is 7.43. The summed E-state index contributed by atoms with van der Waals surface area (Å²) in [7, 11) is 1.72. The fourth-order valence-corrected chi connectivity index (χ4v) is 1.98.